The largest absolute Gasteiger partial charge is 0.368 e. The van der Waals surface area contributed by atoms with Gasteiger partial charge in [-0.15, -0.1) is 0 Å². The lowest BCUT2D eigenvalue weighted by molar-refractivity contribution is -0.139. The molecule has 3 N–H and O–H groups in total. The molecule has 318 valence electrons. The minimum atomic E-state index is -0.374. The molecule has 5 atom stereocenters. The minimum Gasteiger partial charge on any atom is -0.368 e. The molecule has 10 nitrogen and oxygen atoms in total. The second-order valence-corrected chi connectivity index (χ2v) is 16.3. The summed E-state index contributed by atoms with van der Waals surface area (Å²) in [4.78, 5) is 45.1. The van der Waals surface area contributed by atoms with Gasteiger partial charge in [0.15, 0.2) is 0 Å². The Bertz CT molecular complexity index is 2290. The summed E-state index contributed by atoms with van der Waals surface area (Å²) in [6, 6.07) is 32.7. The van der Waals surface area contributed by atoms with Crippen molar-refractivity contribution in [1.29, 1.82) is 0 Å². The minimum absolute atomic E-state index is 0.0128. The second kappa shape index (κ2) is 18.9. The van der Waals surface area contributed by atoms with Gasteiger partial charge < -0.3 is 25.4 Å². The molecular formula is C50H59FN8O2. The maximum atomic E-state index is 15.9. The summed E-state index contributed by atoms with van der Waals surface area (Å²) >= 11 is 0. The number of H-pyrrole nitrogens is 1. The molecule has 0 spiro atoms. The molecule has 11 heteroatoms. The van der Waals surface area contributed by atoms with Gasteiger partial charge in [0.1, 0.15) is 29.9 Å². The number of benzene rings is 4. The molecular weight excluding hydrogens is 764 g/mol. The van der Waals surface area contributed by atoms with Crippen LogP contribution in [0.15, 0.2) is 116 Å². The van der Waals surface area contributed by atoms with Crippen LogP contribution in [0.5, 0.6) is 0 Å². The summed E-state index contributed by atoms with van der Waals surface area (Å²) in [5.41, 5.74) is 6.68. The number of aromatic amines is 1. The average Bonchev–Trinajstić information content (AvgIpc) is 4.15. The van der Waals surface area contributed by atoms with E-state index in [1.54, 1.807) is 18.3 Å². The third-order valence-corrected chi connectivity index (χ3v) is 13.0. The monoisotopic (exact) mass is 822 g/mol. The van der Waals surface area contributed by atoms with Crippen LogP contribution in [-0.4, -0.2) is 92.9 Å². The van der Waals surface area contributed by atoms with Gasteiger partial charge in [-0.25, -0.2) is 9.37 Å². The first-order valence-corrected chi connectivity index (χ1v) is 22.2. The van der Waals surface area contributed by atoms with Crippen LogP contribution in [0.2, 0.25) is 0 Å². The van der Waals surface area contributed by atoms with Crippen molar-refractivity contribution in [2.24, 2.45) is 0 Å². The Labute approximate surface area is 359 Å². The van der Waals surface area contributed by atoms with Gasteiger partial charge in [-0.2, -0.15) is 0 Å². The van der Waals surface area contributed by atoms with Crippen molar-refractivity contribution in [3.05, 3.63) is 144 Å². The van der Waals surface area contributed by atoms with Crippen molar-refractivity contribution in [1.82, 2.24) is 40.2 Å². The smallest absolute Gasteiger partial charge is 0.245 e. The molecule has 1 aromatic heterocycles. The number of hydrogen-bond donors (Lipinski definition) is 3. The van der Waals surface area contributed by atoms with E-state index in [1.165, 1.54) is 0 Å². The fourth-order valence-electron chi connectivity index (χ4n) is 9.70. The summed E-state index contributed by atoms with van der Waals surface area (Å²) in [5.74, 6) is 0.561. The van der Waals surface area contributed by atoms with Crippen LogP contribution in [0.1, 0.15) is 94.0 Å². The van der Waals surface area contributed by atoms with Crippen molar-refractivity contribution < 1.29 is 14.0 Å². The Balaban J connectivity index is 0.924. The molecule has 3 aliphatic rings. The third kappa shape index (κ3) is 8.59. The van der Waals surface area contributed by atoms with Gasteiger partial charge in [0.05, 0.1) is 29.7 Å². The Hall–Kier alpha value is -5.78. The van der Waals surface area contributed by atoms with Crippen LogP contribution in [0.3, 0.4) is 0 Å². The van der Waals surface area contributed by atoms with Gasteiger partial charge in [-0.05, 0) is 91.8 Å². The van der Waals surface area contributed by atoms with Gasteiger partial charge >= 0.3 is 0 Å². The normalized spacial score (nSPS) is 19.9. The maximum absolute atomic E-state index is 15.9. The number of likely N-dealkylation sites (N-methyl/N-ethyl adjacent to an activating group) is 2. The quantitative estimate of drug-likeness (QED) is 0.0975. The van der Waals surface area contributed by atoms with Crippen LogP contribution in [0, 0.1) is 5.82 Å². The first-order chi connectivity index (χ1) is 29.8. The number of rotatable bonds is 15. The van der Waals surface area contributed by atoms with E-state index >= 15 is 4.39 Å². The average molecular weight is 823 g/mol. The lowest BCUT2D eigenvalue weighted by atomic mass is 10.0. The zero-order chi connectivity index (χ0) is 42.5. The van der Waals surface area contributed by atoms with Gasteiger partial charge in [0.2, 0.25) is 11.8 Å². The molecule has 4 aromatic carbocycles. The Morgan fingerprint density at radius 2 is 1.28 bits per heavy atom. The molecule has 3 aliphatic heterocycles. The van der Waals surface area contributed by atoms with E-state index in [0.717, 1.165) is 91.9 Å². The van der Waals surface area contributed by atoms with Gasteiger partial charge in [0, 0.05) is 24.9 Å². The highest BCUT2D eigenvalue weighted by atomic mass is 19.1. The van der Waals surface area contributed by atoms with E-state index in [4.69, 9.17) is 4.98 Å². The maximum Gasteiger partial charge on any atom is 0.245 e. The number of amides is 2. The van der Waals surface area contributed by atoms with E-state index in [0.29, 0.717) is 23.6 Å². The zero-order valence-corrected chi connectivity index (χ0v) is 35.9. The van der Waals surface area contributed by atoms with Gasteiger partial charge in [0.25, 0.3) is 0 Å². The van der Waals surface area contributed by atoms with E-state index in [-0.39, 0.29) is 48.0 Å². The van der Waals surface area contributed by atoms with Crippen molar-refractivity contribution in [2.75, 3.05) is 39.3 Å². The molecule has 5 aromatic rings. The molecule has 0 bridgehead atoms. The van der Waals surface area contributed by atoms with Gasteiger partial charge in [-0.3, -0.25) is 19.4 Å². The summed E-state index contributed by atoms with van der Waals surface area (Å²) in [6.07, 6.45) is 7.14. The fraction of sp³-hybridized carbons (Fsp3) is 0.380. The van der Waals surface area contributed by atoms with Crippen LogP contribution < -0.4 is 10.6 Å². The highest BCUT2D eigenvalue weighted by Crippen LogP contribution is 2.37. The van der Waals surface area contributed by atoms with Crippen molar-refractivity contribution in [2.45, 2.75) is 83.7 Å². The lowest BCUT2D eigenvalue weighted by Gasteiger charge is -2.36. The van der Waals surface area contributed by atoms with E-state index in [1.807, 2.05) is 90.0 Å². The molecule has 2 amide bonds. The zero-order valence-electron chi connectivity index (χ0n) is 35.9. The Kier molecular flexibility index (Phi) is 13.0. The second-order valence-electron chi connectivity index (χ2n) is 16.3. The number of carbonyl (C=O) groups excluding carboxylic acids is 2. The number of hydrogen-bond acceptors (Lipinski definition) is 7. The predicted octanol–water partition coefficient (Wildman–Crippen LogP) is 8.52. The highest BCUT2D eigenvalue weighted by Gasteiger charge is 2.41. The molecule has 61 heavy (non-hydrogen) atoms. The number of imidazole rings is 1. The lowest BCUT2D eigenvalue weighted by Crippen LogP contribution is -2.54. The van der Waals surface area contributed by atoms with Crippen LogP contribution in [0.4, 0.5) is 4.39 Å². The van der Waals surface area contributed by atoms with Crippen molar-refractivity contribution in [3.63, 3.8) is 0 Å². The number of nitrogens with zero attached hydrogens (tertiary/aromatic N) is 5. The van der Waals surface area contributed by atoms with E-state index in [9.17, 15) is 9.59 Å². The van der Waals surface area contributed by atoms with E-state index < -0.39 is 0 Å². The first kappa shape index (κ1) is 41.9. The molecule has 1 unspecified atom stereocenters. The Morgan fingerprint density at radius 1 is 0.721 bits per heavy atom. The number of likely N-dealkylation sites (tertiary alicyclic amines) is 2. The third-order valence-electron chi connectivity index (χ3n) is 13.0. The standard InChI is InChI=1S/C50H59FN8O2/c1-5-56(6-2)45(36-17-11-9-12-18-36)49(60)58-29-15-21-43(58)47-52-32-41(54-47)35-25-23-34(24-26-35)38-27-28-39(40(51)31-38)42-33-53-48(55-42)44-22-16-30-59(44)50(61)46(57(7-3)8-4)37-19-13-10-14-20-37/h9-14,17-20,23-28,31-33,43-47,52,54H,5-8,15-16,21-22,29-30H2,1-4H3,(H,53,55)/t43-,44-,45+,46+,47?/m0/s1. The number of carbonyl (C=O) groups is 2. The van der Waals surface area contributed by atoms with E-state index in [2.05, 4.69) is 70.1 Å². The molecule has 0 saturated carbocycles. The molecule has 0 radical (unpaired) electrons. The SMILES string of the molecule is CCN(CC)[C@@H](C(=O)N1CCC[C@H]1c1ncc(-c2ccc(-c3ccc(C4=CNC([C@@H]5CCCN5C(=O)[C@@H](c5ccccc5)N(CC)CC)N4)cc3)cc2F)[nH]1)c1ccccc1. The highest BCUT2D eigenvalue weighted by molar-refractivity contribution is 5.85. The first-order valence-electron chi connectivity index (χ1n) is 22.2. The summed E-state index contributed by atoms with van der Waals surface area (Å²) in [7, 11) is 0. The number of aromatic nitrogens is 2. The topological polar surface area (TPSA) is 99.8 Å². The Morgan fingerprint density at radius 3 is 1.89 bits per heavy atom. The summed E-state index contributed by atoms with van der Waals surface area (Å²) in [5, 5.41) is 7.20. The molecule has 2 saturated heterocycles. The molecule has 8 rings (SSSR count). The van der Waals surface area contributed by atoms with Crippen LogP contribution >= 0.6 is 0 Å². The van der Waals surface area contributed by atoms with Crippen LogP contribution in [-0.2, 0) is 9.59 Å². The molecule has 0 aliphatic carbocycles. The fourth-order valence-corrected chi connectivity index (χ4v) is 9.70. The predicted molar refractivity (Wildman–Crippen MR) is 240 cm³/mol. The molecule has 2 fully saturated rings. The number of halogens is 1. The van der Waals surface area contributed by atoms with Crippen molar-refractivity contribution >= 4 is 17.5 Å². The van der Waals surface area contributed by atoms with Crippen molar-refractivity contribution in [3.8, 4) is 22.4 Å². The number of nitrogens with one attached hydrogen (secondary N) is 3. The van der Waals surface area contributed by atoms with Crippen LogP contribution in [0.25, 0.3) is 28.1 Å². The summed E-state index contributed by atoms with van der Waals surface area (Å²) in [6.45, 7) is 12.9. The van der Waals surface area contributed by atoms with Gasteiger partial charge in [-0.1, -0.05) is 119 Å². The molecule has 4 heterocycles. The summed E-state index contributed by atoms with van der Waals surface area (Å²) < 4.78 is 15.9.